The van der Waals surface area contributed by atoms with Gasteiger partial charge in [0.15, 0.2) is 0 Å². The van der Waals surface area contributed by atoms with Gasteiger partial charge in [-0.3, -0.25) is 9.78 Å². The molecule has 0 amide bonds. The van der Waals surface area contributed by atoms with Crippen LogP contribution in [0.1, 0.15) is 16.7 Å². The third kappa shape index (κ3) is 4.56. The predicted molar refractivity (Wildman–Crippen MR) is 134 cm³/mol. The Morgan fingerprint density at radius 2 is 1.89 bits per heavy atom. The Bertz CT molecular complexity index is 1650. The molecule has 8 heteroatoms. The summed E-state index contributed by atoms with van der Waals surface area (Å²) in [7, 11) is 0. The van der Waals surface area contributed by atoms with Crippen molar-refractivity contribution in [1.29, 1.82) is 5.26 Å². The zero-order valence-corrected chi connectivity index (χ0v) is 18.4. The Hall–Kier alpha value is -5.03. The van der Waals surface area contributed by atoms with Crippen molar-refractivity contribution < 1.29 is 4.39 Å². The van der Waals surface area contributed by atoms with Gasteiger partial charge in [-0.15, -0.1) is 0 Å². The van der Waals surface area contributed by atoms with Crippen LogP contribution < -0.4 is 11.0 Å². The van der Waals surface area contributed by atoms with Gasteiger partial charge in [-0.2, -0.15) is 10.4 Å². The van der Waals surface area contributed by atoms with Crippen LogP contribution in [0.5, 0.6) is 0 Å². The van der Waals surface area contributed by atoms with E-state index in [0.29, 0.717) is 17.7 Å². The van der Waals surface area contributed by atoms with Gasteiger partial charge >= 0.3 is 0 Å². The van der Waals surface area contributed by atoms with Crippen LogP contribution in [0.3, 0.4) is 0 Å². The summed E-state index contributed by atoms with van der Waals surface area (Å²) < 4.78 is 16.0. The van der Waals surface area contributed by atoms with Crippen molar-refractivity contribution in [3.63, 3.8) is 0 Å². The molecule has 0 aliphatic heterocycles. The van der Waals surface area contributed by atoms with Crippen molar-refractivity contribution in [2.24, 2.45) is 5.10 Å². The average molecular weight is 462 g/mol. The quantitative estimate of drug-likeness (QED) is 0.277. The number of hydrogen-bond acceptors (Lipinski definition) is 5. The number of rotatable bonds is 6. The Labute approximate surface area is 199 Å². The van der Waals surface area contributed by atoms with E-state index in [1.165, 1.54) is 6.07 Å². The number of aromatic amines is 1. The maximum Gasteiger partial charge on any atom is 0.270 e. The highest BCUT2D eigenvalue weighted by Crippen LogP contribution is 2.21. The minimum absolute atomic E-state index is 0.0592. The second-order valence-corrected chi connectivity index (χ2v) is 7.84. The maximum absolute atomic E-state index is 14.0. The molecule has 3 aromatic carbocycles. The van der Waals surface area contributed by atoms with Crippen LogP contribution in [0.25, 0.3) is 22.2 Å². The normalized spacial score (nSPS) is 11.1. The molecule has 0 saturated heterocycles. The molecule has 170 valence electrons. The molecule has 2 aromatic heterocycles. The van der Waals surface area contributed by atoms with Crippen LogP contribution in [0.2, 0.25) is 0 Å². The molecule has 0 fully saturated rings. The third-order valence-corrected chi connectivity index (χ3v) is 5.56. The summed E-state index contributed by atoms with van der Waals surface area (Å²) in [4.78, 5) is 19.3. The summed E-state index contributed by atoms with van der Waals surface area (Å²) in [6, 6.07) is 25.5. The molecule has 0 radical (unpaired) electrons. The lowest BCUT2D eigenvalue weighted by Gasteiger charge is -2.07. The van der Waals surface area contributed by atoms with Crippen LogP contribution >= 0.6 is 0 Å². The van der Waals surface area contributed by atoms with Gasteiger partial charge in [0.1, 0.15) is 17.4 Å². The second kappa shape index (κ2) is 9.45. The first kappa shape index (κ1) is 21.8. The average Bonchev–Trinajstić information content (AvgIpc) is 3.27. The van der Waals surface area contributed by atoms with Gasteiger partial charge in [-0.05, 0) is 29.8 Å². The van der Waals surface area contributed by atoms with Crippen molar-refractivity contribution in [3.05, 3.63) is 118 Å². The second-order valence-electron chi connectivity index (χ2n) is 7.84. The lowest BCUT2D eigenvalue weighted by Crippen LogP contribution is -2.16. The molecular weight excluding hydrogens is 443 g/mol. The summed E-state index contributed by atoms with van der Waals surface area (Å²) in [6.07, 6.45) is 3.53. The highest BCUT2D eigenvalue weighted by molar-refractivity contribution is 5.89. The Morgan fingerprint density at radius 3 is 2.69 bits per heavy atom. The first-order valence-corrected chi connectivity index (χ1v) is 10.8. The summed E-state index contributed by atoms with van der Waals surface area (Å²) in [5.74, 6) is -0.102. The smallest absolute Gasteiger partial charge is 0.270 e. The molecule has 0 spiro atoms. The highest BCUT2D eigenvalue weighted by Gasteiger charge is 2.13. The van der Waals surface area contributed by atoms with Crippen molar-refractivity contribution in [2.75, 3.05) is 5.43 Å². The molecule has 0 atom stereocenters. The Kier molecular flexibility index (Phi) is 5.89. The molecule has 5 aromatic rings. The molecule has 0 aliphatic rings. The summed E-state index contributed by atoms with van der Waals surface area (Å²) in [5.41, 5.74) is 5.50. The topological polar surface area (TPSA) is 98.9 Å². The fourth-order valence-electron chi connectivity index (χ4n) is 3.85. The van der Waals surface area contributed by atoms with E-state index in [-0.39, 0.29) is 23.0 Å². The van der Waals surface area contributed by atoms with E-state index in [9.17, 15) is 14.4 Å². The van der Waals surface area contributed by atoms with Crippen molar-refractivity contribution in [3.8, 4) is 17.3 Å². The lowest BCUT2D eigenvalue weighted by atomic mass is 10.1. The zero-order valence-electron chi connectivity index (χ0n) is 18.4. The van der Waals surface area contributed by atoms with Crippen LogP contribution in [-0.4, -0.2) is 20.7 Å². The molecule has 0 unspecified atom stereocenters. The monoisotopic (exact) mass is 462 g/mol. The standard InChI is InChI=1S/C27H19FN6O/c28-23-9-5-4-8-21(23)17-34-13-12-20-14-18(10-11-24(20)34)16-30-33-27-31-25(19-6-2-1-3-7-19)22(15-29)26(35)32-27/h1-14,16H,17H2,(H2,31,32,33,35). The van der Waals surface area contributed by atoms with E-state index >= 15 is 0 Å². The molecule has 5 rings (SSSR count). The van der Waals surface area contributed by atoms with Crippen LogP contribution in [-0.2, 0) is 6.54 Å². The number of benzene rings is 3. The van der Waals surface area contributed by atoms with E-state index in [0.717, 1.165) is 16.5 Å². The number of fused-ring (bicyclic) bond motifs is 1. The number of anilines is 1. The van der Waals surface area contributed by atoms with Crippen LogP contribution in [0.4, 0.5) is 10.3 Å². The van der Waals surface area contributed by atoms with Crippen molar-refractivity contribution in [1.82, 2.24) is 14.5 Å². The van der Waals surface area contributed by atoms with E-state index in [1.54, 1.807) is 30.5 Å². The Morgan fingerprint density at radius 1 is 1.09 bits per heavy atom. The number of H-pyrrole nitrogens is 1. The lowest BCUT2D eigenvalue weighted by molar-refractivity contribution is 0.602. The summed E-state index contributed by atoms with van der Waals surface area (Å²) in [6.45, 7) is 0.437. The van der Waals surface area contributed by atoms with Gasteiger partial charge in [0, 0.05) is 28.2 Å². The zero-order chi connectivity index (χ0) is 24.2. The summed E-state index contributed by atoms with van der Waals surface area (Å²) in [5, 5.41) is 14.6. The Balaban J connectivity index is 1.36. The largest absolute Gasteiger partial charge is 0.343 e. The molecule has 0 aliphatic carbocycles. The predicted octanol–water partition coefficient (Wildman–Crippen LogP) is 4.90. The van der Waals surface area contributed by atoms with Gasteiger partial charge in [0.25, 0.3) is 5.56 Å². The SMILES string of the molecule is N#Cc1c(-c2ccccc2)nc(NN=Cc2ccc3c(ccn3Cc3ccccc3F)c2)[nH]c1=O. The van der Waals surface area contributed by atoms with Gasteiger partial charge in [-0.1, -0.05) is 54.6 Å². The molecule has 0 bridgehead atoms. The van der Waals surface area contributed by atoms with E-state index < -0.39 is 5.56 Å². The maximum atomic E-state index is 14.0. The number of nitrogens with one attached hydrogen (secondary N) is 2. The fraction of sp³-hybridized carbons (Fsp3) is 0.0370. The number of aromatic nitrogens is 3. The van der Waals surface area contributed by atoms with Gasteiger partial charge in [0.2, 0.25) is 5.95 Å². The number of hydrazone groups is 1. The number of halogens is 1. The van der Waals surface area contributed by atoms with Gasteiger partial charge in [0.05, 0.1) is 18.5 Å². The highest BCUT2D eigenvalue weighted by atomic mass is 19.1. The summed E-state index contributed by atoms with van der Waals surface area (Å²) >= 11 is 0. The third-order valence-electron chi connectivity index (χ3n) is 5.56. The van der Waals surface area contributed by atoms with E-state index in [4.69, 9.17) is 0 Å². The van der Waals surface area contributed by atoms with Crippen LogP contribution in [0.15, 0.2) is 95.0 Å². The van der Waals surface area contributed by atoms with Gasteiger partial charge < -0.3 is 4.57 Å². The first-order valence-electron chi connectivity index (χ1n) is 10.8. The minimum atomic E-state index is -0.545. The van der Waals surface area contributed by atoms with E-state index in [2.05, 4.69) is 20.5 Å². The first-order chi connectivity index (χ1) is 17.1. The number of nitriles is 1. The fourth-order valence-corrected chi connectivity index (χ4v) is 3.85. The van der Waals surface area contributed by atoms with Crippen molar-refractivity contribution >= 4 is 23.1 Å². The van der Waals surface area contributed by atoms with Crippen LogP contribution in [0, 0.1) is 17.1 Å². The number of nitrogens with zero attached hydrogens (tertiary/aromatic N) is 4. The molecule has 0 saturated carbocycles. The number of hydrogen-bond donors (Lipinski definition) is 2. The van der Waals surface area contributed by atoms with Gasteiger partial charge in [-0.25, -0.2) is 14.8 Å². The molecule has 35 heavy (non-hydrogen) atoms. The minimum Gasteiger partial charge on any atom is -0.343 e. The molecule has 7 nitrogen and oxygen atoms in total. The molecule has 2 heterocycles. The van der Waals surface area contributed by atoms with Crippen molar-refractivity contribution in [2.45, 2.75) is 6.54 Å². The molecule has 2 N–H and O–H groups in total. The molecular formula is C27H19FN6O. The van der Waals surface area contributed by atoms with E-state index in [1.807, 2.05) is 65.4 Å².